The van der Waals surface area contributed by atoms with Gasteiger partial charge >= 0.3 is 6.40 Å². The van der Waals surface area contributed by atoms with E-state index in [1.807, 2.05) is 0 Å². The largest absolute Gasteiger partial charge is 0.499 e. The summed E-state index contributed by atoms with van der Waals surface area (Å²) in [5.41, 5.74) is 1.60. The van der Waals surface area contributed by atoms with Gasteiger partial charge in [-0.1, -0.05) is 72.8 Å². The van der Waals surface area contributed by atoms with E-state index in [-0.39, 0.29) is 0 Å². The van der Waals surface area contributed by atoms with Crippen LogP contribution in [0.1, 0.15) is 0 Å². The van der Waals surface area contributed by atoms with Crippen molar-refractivity contribution in [2.45, 2.75) is 0 Å². The molecule has 3 aromatic heterocycles. The fourth-order valence-electron chi connectivity index (χ4n) is 7.36. The van der Waals surface area contributed by atoms with Crippen molar-refractivity contribution in [3.05, 3.63) is 120 Å². The highest BCUT2D eigenvalue weighted by Gasteiger charge is 2.35. The van der Waals surface area contributed by atoms with Crippen molar-refractivity contribution >= 4 is 106 Å². The van der Waals surface area contributed by atoms with Crippen molar-refractivity contribution in [3.8, 4) is 0 Å². The Hall–Kier alpha value is -5.53. The van der Waals surface area contributed by atoms with Crippen LogP contribution in [0.15, 0.2) is 119 Å². The van der Waals surface area contributed by atoms with E-state index in [4.69, 9.17) is 21.4 Å². The SMILES string of the molecule is ClB1n2c3c4cc5ccccc5cc4c2Nc2[nH]c(c4cc5ccccc5cc24)N=c2c4cc5ccccc5cc4c(n21)=N3. The molecule has 8 heteroatoms. The number of anilines is 2. The van der Waals surface area contributed by atoms with E-state index in [1.165, 1.54) is 16.2 Å². The molecule has 0 saturated carbocycles. The quantitative estimate of drug-likeness (QED) is 0.173. The number of halogens is 1. The summed E-state index contributed by atoms with van der Waals surface area (Å²) in [6.45, 7) is 0. The zero-order valence-electron chi connectivity index (χ0n) is 23.1. The first-order valence-electron chi connectivity index (χ1n) is 14.7. The predicted molar refractivity (Wildman–Crippen MR) is 182 cm³/mol. The van der Waals surface area contributed by atoms with Crippen LogP contribution < -0.4 is 16.3 Å². The van der Waals surface area contributed by atoms with E-state index in [0.717, 1.165) is 82.7 Å². The van der Waals surface area contributed by atoms with E-state index in [1.54, 1.807) is 0 Å². The number of fused-ring (bicyclic) bond motifs is 14. The van der Waals surface area contributed by atoms with Gasteiger partial charge in [-0.05, 0) is 68.7 Å². The molecule has 0 spiro atoms. The highest BCUT2D eigenvalue weighted by Crippen LogP contribution is 2.44. The summed E-state index contributed by atoms with van der Waals surface area (Å²) in [6, 6.07) is 38.8. The van der Waals surface area contributed by atoms with Gasteiger partial charge in [-0.2, -0.15) is 0 Å². The smallest absolute Gasteiger partial charge is 0.328 e. The van der Waals surface area contributed by atoms with Crippen molar-refractivity contribution in [1.29, 1.82) is 0 Å². The molecule has 2 N–H and O–H groups in total. The monoisotopic (exact) mass is 582 g/mol. The Kier molecular flexibility index (Phi) is 4.13. The van der Waals surface area contributed by atoms with Crippen molar-refractivity contribution in [3.63, 3.8) is 0 Å². The van der Waals surface area contributed by atoms with E-state index in [9.17, 15) is 0 Å². The van der Waals surface area contributed by atoms with Gasteiger partial charge in [0.05, 0.1) is 0 Å². The Morgan fingerprint density at radius 3 is 1.59 bits per heavy atom. The molecule has 0 atom stereocenters. The van der Waals surface area contributed by atoms with Crippen LogP contribution in [-0.4, -0.2) is 20.3 Å². The van der Waals surface area contributed by atoms with Crippen LogP contribution in [0.25, 0.3) is 64.6 Å². The van der Waals surface area contributed by atoms with Gasteiger partial charge in [-0.15, -0.1) is 11.5 Å². The van der Waals surface area contributed by atoms with Gasteiger partial charge in [-0.3, -0.25) is 0 Å². The first kappa shape index (κ1) is 23.0. The lowest BCUT2D eigenvalue weighted by molar-refractivity contribution is 0.934. The number of benzene rings is 6. The molecule has 6 nitrogen and oxygen atoms in total. The third kappa shape index (κ3) is 2.82. The molecule has 0 amide bonds. The number of aromatic amines is 1. The minimum Gasteiger partial charge on any atom is -0.328 e. The first-order valence-corrected chi connectivity index (χ1v) is 15.2. The first-order chi connectivity index (χ1) is 21.7. The molecule has 5 heterocycles. The predicted octanol–water partition coefficient (Wildman–Crippen LogP) is 8.43. The van der Waals surface area contributed by atoms with Gasteiger partial charge in [0.15, 0.2) is 0 Å². The van der Waals surface area contributed by atoms with Gasteiger partial charge in [0, 0.05) is 32.3 Å². The highest BCUT2D eigenvalue weighted by atomic mass is 35.5. The molecule has 204 valence electrons. The molecule has 0 radical (unpaired) electrons. The second-order valence-electron chi connectivity index (χ2n) is 11.8. The van der Waals surface area contributed by atoms with E-state index in [0.29, 0.717) is 0 Å². The minimum absolute atomic E-state index is 0.592. The van der Waals surface area contributed by atoms with Crippen molar-refractivity contribution in [2.75, 3.05) is 5.32 Å². The number of hydrogen-bond acceptors (Lipinski definition) is 3. The van der Waals surface area contributed by atoms with Gasteiger partial charge in [0.2, 0.25) is 0 Å². The standard InChI is InChI=1S/C36H20BClN6/c38-37-43-33-27-15-21-9-3-5-11-23(21)17-29(27)35(43)42-36-30-18-24-12-6-4-10-22(24)16-28(30)34(44(36)37)41-32-26-14-20-8-2-1-7-19(20)13-25(26)31(39-32)40-33/h1-18,39-40H. The van der Waals surface area contributed by atoms with Gasteiger partial charge in [0.25, 0.3) is 0 Å². The fraction of sp³-hybridized carbons (Fsp3) is 0. The van der Waals surface area contributed by atoms with Crippen LogP contribution in [0.4, 0.5) is 23.3 Å². The van der Waals surface area contributed by atoms with Crippen LogP contribution in [-0.2, 0) is 0 Å². The van der Waals surface area contributed by atoms with Crippen molar-refractivity contribution in [2.24, 2.45) is 9.98 Å². The Balaban J connectivity index is 1.40. The molecule has 9 aromatic rings. The number of H-pyrrole nitrogens is 1. The second-order valence-corrected chi connectivity index (χ2v) is 12.2. The Labute approximate surface area is 254 Å². The second kappa shape index (κ2) is 7.89. The normalized spacial score (nSPS) is 13.6. The molecule has 0 fully saturated rings. The maximum absolute atomic E-state index is 7.57. The summed E-state index contributed by atoms with van der Waals surface area (Å²) in [7, 11) is 0. The average Bonchev–Trinajstić information content (AvgIpc) is 3.66. The van der Waals surface area contributed by atoms with Crippen molar-refractivity contribution < 1.29 is 0 Å². The molecule has 2 aliphatic rings. The van der Waals surface area contributed by atoms with Crippen LogP contribution in [0.5, 0.6) is 0 Å². The summed E-state index contributed by atoms with van der Waals surface area (Å²) < 4.78 is 4.20. The van der Waals surface area contributed by atoms with E-state index >= 15 is 0 Å². The minimum atomic E-state index is -0.592. The molecular weight excluding hydrogens is 563 g/mol. The van der Waals surface area contributed by atoms with Gasteiger partial charge in [0.1, 0.15) is 34.2 Å². The Bertz CT molecular complexity index is 2900. The molecule has 44 heavy (non-hydrogen) atoms. The zero-order chi connectivity index (χ0) is 28.7. The molecule has 0 unspecified atom stereocenters. The Morgan fingerprint density at radius 1 is 0.523 bits per heavy atom. The lowest BCUT2D eigenvalue weighted by Crippen LogP contribution is -2.45. The summed E-state index contributed by atoms with van der Waals surface area (Å²) in [6.07, 6.45) is -0.592. The van der Waals surface area contributed by atoms with Crippen LogP contribution in [0.3, 0.4) is 0 Å². The Morgan fingerprint density at radius 2 is 1.00 bits per heavy atom. The maximum Gasteiger partial charge on any atom is 0.499 e. The van der Waals surface area contributed by atoms with Crippen LogP contribution >= 0.6 is 11.5 Å². The average molecular weight is 583 g/mol. The summed E-state index contributed by atoms with van der Waals surface area (Å²) in [5, 5.41) is 17.1. The summed E-state index contributed by atoms with van der Waals surface area (Å²) in [5.74, 6) is 3.40. The van der Waals surface area contributed by atoms with E-state index < -0.39 is 6.40 Å². The zero-order valence-corrected chi connectivity index (χ0v) is 23.9. The molecule has 6 aromatic carbocycles. The lowest BCUT2D eigenvalue weighted by Gasteiger charge is -2.20. The molecule has 0 aliphatic carbocycles. The number of aromatic nitrogens is 3. The number of hydrogen-bond donors (Lipinski definition) is 2. The maximum atomic E-state index is 7.57. The lowest BCUT2D eigenvalue weighted by atomic mass is 10.1. The van der Waals surface area contributed by atoms with E-state index in [2.05, 4.69) is 128 Å². The van der Waals surface area contributed by atoms with Gasteiger partial charge < -0.3 is 19.3 Å². The highest BCUT2D eigenvalue weighted by molar-refractivity contribution is 7.05. The molecule has 11 rings (SSSR count). The summed E-state index contributed by atoms with van der Waals surface area (Å²) in [4.78, 5) is 14.4. The molecule has 4 bridgehead atoms. The molecular formula is C36H20BClN6. The number of nitrogens with zero attached hydrogens (tertiary/aromatic N) is 4. The summed E-state index contributed by atoms with van der Waals surface area (Å²) >= 11 is 7.57. The number of nitrogens with one attached hydrogen (secondary N) is 2. The topological polar surface area (TPSA) is 62.4 Å². The molecule has 2 aliphatic heterocycles. The third-order valence-electron chi connectivity index (χ3n) is 9.43. The van der Waals surface area contributed by atoms with Crippen LogP contribution in [0, 0.1) is 0 Å². The van der Waals surface area contributed by atoms with Crippen molar-refractivity contribution in [1.82, 2.24) is 13.9 Å². The number of rotatable bonds is 0. The third-order valence-corrected chi connectivity index (χ3v) is 9.82. The fourth-order valence-corrected chi connectivity index (χ4v) is 7.73. The molecule has 0 saturated heterocycles. The van der Waals surface area contributed by atoms with Crippen LogP contribution in [0.2, 0.25) is 0 Å². The van der Waals surface area contributed by atoms with Gasteiger partial charge in [-0.25, -0.2) is 9.98 Å².